The second kappa shape index (κ2) is 6.93. The normalized spacial score (nSPS) is 12.1. The fraction of sp³-hybridized carbons (Fsp3) is 0.467. The molecule has 0 aliphatic heterocycles. The molecular weight excluding hydrogens is 256 g/mol. The van der Waals surface area contributed by atoms with E-state index in [0.717, 1.165) is 11.3 Å². The van der Waals surface area contributed by atoms with Crippen molar-refractivity contribution in [3.63, 3.8) is 0 Å². The first-order chi connectivity index (χ1) is 9.32. The topological polar surface area (TPSA) is 78.4 Å². The Kier molecular flexibility index (Phi) is 5.55. The third-order valence-corrected chi connectivity index (χ3v) is 3.36. The van der Waals surface area contributed by atoms with Crippen LogP contribution in [0.2, 0.25) is 0 Å². The van der Waals surface area contributed by atoms with Crippen molar-refractivity contribution in [3.05, 3.63) is 29.3 Å². The number of carboxylic acid groups (broad SMARTS) is 1. The van der Waals surface area contributed by atoms with Gasteiger partial charge in [0.15, 0.2) is 0 Å². The minimum absolute atomic E-state index is 0.283. The van der Waals surface area contributed by atoms with E-state index >= 15 is 0 Å². The average Bonchev–Trinajstić information content (AvgIpc) is 2.38. The molecule has 0 aliphatic carbocycles. The van der Waals surface area contributed by atoms with Crippen LogP contribution in [0.4, 0.5) is 5.69 Å². The van der Waals surface area contributed by atoms with Crippen LogP contribution >= 0.6 is 0 Å². The van der Waals surface area contributed by atoms with E-state index in [9.17, 15) is 9.59 Å². The number of benzene rings is 1. The third kappa shape index (κ3) is 4.26. The maximum absolute atomic E-state index is 11.9. The summed E-state index contributed by atoms with van der Waals surface area (Å²) in [5, 5.41) is 14.3. The van der Waals surface area contributed by atoms with Crippen molar-refractivity contribution in [2.24, 2.45) is 5.92 Å². The molecule has 5 nitrogen and oxygen atoms in total. The smallest absolute Gasteiger partial charge is 0.322 e. The molecule has 0 saturated carbocycles. The lowest BCUT2D eigenvalue weighted by Crippen LogP contribution is -2.30. The van der Waals surface area contributed by atoms with Crippen molar-refractivity contribution < 1.29 is 14.7 Å². The lowest BCUT2D eigenvalue weighted by molar-refractivity contribution is -0.135. The van der Waals surface area contributed by atoms with Crippen molar-refractivity contribution in [1.82, 2.24) is 5.32 Å². The molecule has 0 radical (unpaired) electrons. The van der Waals surface area contributed by atoms with Crippen LogP contribution in [0, 0.1) is 12.8 Å². The molecule has 0 heterocycles. The van der Waals surface area contributed by atoms with Gasteiger partial charge in [-0.25, -0.2) is 0 Å². The molecule has 0 bridgehead atoms. The minimum Gasteiger partial charge on any atom is -0.480 e. The Hall–Kier alpha value is -2.04. The van der Waals surface area contributed by atoms with Gasteiger partial charge in [-0.1, -0.05) is 19.9 Å². The van der Waals surface area contributed by atoms with Gasteiger partial charge in [-0.15, -0.1) is 0 Å². The van der Waals surface area contributed by atoms with Gasteiger partial charge in [0, 0.05) is 17.3 Å². The van der Waals surface area contributed by atoms with Crippen molar-refractivity contribution >= 4 is 17.6 Å². The average molecular weight is 278 g/mol. The van der Waals surface area contributed by atoms with Gasteiger partial charge < -0.3 is 15.7 Å². The Labute approximate surface area is 119 Å². The predicted molar refractivity (Wildman–Crippen MR) is 79.1 cm³/mol. The number of carbonyl (C=O) groups excluding carboxylic acids is 1. The molecule has 20 heavy (non-hydrogen) atoms. The molecule has 5 heteroatoms. The standard InChI is InChI=1S/C15H22N2O3/c1-9(2)11(4)17-13-7-5-6-12(10(13)3)15(20)16-8-14(18)19/h5-7,9,11,17H,8H2,1-4H3,(H,16,20)(H,18,19)/t11-/m0/s1. The quantitative estimate of drug-likeness (QED) is 0.746. The van der Waals surface area contributed by atoms with Gasteiger partial charge in [0.05, 0.1) is 0 Å². The zero-order valence-electron chi connectivity index (χ0n) is 12.4. The Morgan fingerprint density at radius 2 is 1.90 bits per heavy atom. The fourth-order valence-corrected chi connectivity index (χ4v) is 1.70. The third-order valence-electron chi connectivity index (χ3n) is 3.36. The molecule has 0 saturated heterocycles. The highest BCUT2D eigenvalue weighted by Gasteiger charge is 2.14. The zero-order chi connectivity index (χ0) is 15.3. The van der Waals surface area contributed by atoms with Crippen molar-refractivity contribution in [3.8, 4) is 0 Å². The lowest BCUT2D eigenvalue weighted by atomic mass is 10.0. The van der Waals surface area contributed by atoms with E-state index in [4.69, 9.17) is 5.11 Å². The molecule has 1 amide bonds. The van der Waals surface area contributed by atoms with Crippen molar-refractivity contribution in [2.75, 3.05) is 11.9 Å². The van der Waals surface area contributed by atoms with Crippen LogP contribution < -0.4 is 10.6 Å². The number of rotatable bonds is 6. The van der Waals surface area contributed by atoms with Gasteiger partial charge >= 0.3 is 5.97 Å². The lowest BCUT2D eigenvalue weighted by Gasteiger charge is -2.21. The number of anilines is 1. The van der Waals surface area contributed by atoms with E-state index in [1.54, 1.807) is 12.1 Å². The van der Waals surface area contributed by atoms with Crippen LogP contribution in [0.5, 0.6) is 0 Å². The molecule has 0 spiro atoms. The Bertz CT molecular complexity index is 498. The molecule has 0 unspecified atom stereocenters. The Balaban J connectivity index is 2.89. The van der Waals surface area contributed by atoms with E-state index < -0.39 is 5.97 Å². The molecule has 110 valence electrons. The summed E-state index contributed by atoms with van der Waals surface area (Å²) in [4.78, 5) is 22.4. The summed E-state index contributed by atoms with van der Waals surface area (Å²) >= 11 is 0. The van der Waals surface area contributed by atoms with Crippen LogP contribution in [0.3, 0.4) is 0 Å². The second-order valence-electron chi connectivity index (χ2n) is 5.23. The Morgan fingerprint density at radius 3 is 2.45 bits per heavy atom. The highest BCUT2D eigenvalue weighted by molar-refractivity contribution is 5.98. The molecule has 0 aromatic heterocycles. The summed E-state index contributed by atoms with van der Waals surface area (Å²) in [5.74, 6) is -0.955. The number of nitrogens with one attached hydrogen (secondary N) is 2. The molecule has 1 rings (SSSR count). The van der Waals surface area contributed by atoms with Crippen molar-refractivity contribution in [2.45, 2.75) is 33.7 Å². The zero-order valence-corrected chi connectivity index (χ0v) is 12.4. The van der Waals surface area contributed by atoms with Crippen molar-refractivity contribution in [1.29, 1.82) is 0 Å². The monoisotopic (exact) mass is 278 g/mol. The summed E-state index contributed by atoms with van der Waals surface area (Å²) < 4.78 is 0. The number of aliphatic carboxylic acids is 1. The molecule has 0 fully saturated rings. The van der Waals surface area contributed by atoms with Crippen LogP contribution in [-0.4, -0.2) is 29.6 Å². The first-order valence-corrected chi connectivity index (χ1v) is 6.69. The molecule has 3 N–H and O–H groups in total. The highest BCUT2D eigenvalue weighted by atomic mass is 16.4. The van der Waals surface area contributed by atoms with Gasteiger partial charge in [0.1, 0.15) is 6.54 Å². The van der Waals surface area contributed by atoms with E-state index in [2.05, 4.69) is 31.4 Å². The van der Waals surface area contributed by atoms with E-state index in [0.29, 0.717) is 11.5 Å². The van der Waals surface area contributed by atoms with Gasteiger partial charge in [-0.05, 0) is 37.5 Å². The van der Waals surface area contributed by atoms with E-state index in [-0.39, 0.29) is 18.5 Å². The number of carboxylic acids is 1. The number of amides is 1. The van der Waals surface area contributed by atoms with Gasteiger partial charge in [0.25, 0.3) is 5.91 Å². The first-order valence-electron chi connectivity index (χ1n) is 6.69. The second-order valence-corrected chi connectivity index (χ2v) is 5.23. The summed E-state index contributed by atoms with van der Waals surface area (Å²) in [6.07, 6.45) is 0. The Morgan fingerprint density at radius 1 is 1.25 bits per heavy atom. The molecule has 0 aliphatic rings. The largest absolute Gasteiger partial charge is 0.480 e. The fourth-order valence-electron chi connectivity index (χ4n) is 1.70. The predicted octanol–water partition coefficient (Wildman–Crippen LogP) is 2.27. The highest BCUT2D eigenvalue weighted by Crippen LogP contribution is 2.21. The maximum atomic E-state index is 11.9. The van der Waals surface area contributed by atoms with Crippen LogP contribution in [0.15, 0.2) is 18.2 Å². The molecular formula is C15H22N2O3. The molecule has 1 atom stereocenters. The number of hydrogen-bond donors (Lipinski definition) is 3. The van der Waals surface area contributed by atoms with Gasteiger partial charge in [-0.2, -0.15) is 0 Å². The van der Waals surface area contributed by atoms with E-state index in [1.807, 2.05) is 13.0 Å². The molecule has 1 aromatic carbocycles. The first kappa shape index (κ1) is 16.0. The summed E-state index contributed by atoms with van der Waals surface area (Å²) in [5.41, 5.74) is 2.21. The maximum Gasteiger partial charge on any atom is 0.322 e. The summed E-state index contributed by atoms with van der Waals surface area (Å²) in [6, 6.07) is 5.68. The van der Waals surface area contributed by atoms with Gasteiger partial charge in [0.2, 0.25) is 0 Å². The SMILES string of the molecule is Cc1c(N[C@@H](C)C(C)C)cccc1C(=O)NCC(=O)O. The van der Waals surface area contributed by atoms with E-state index in [1.165, 1.54) is 0 Å². The van der Waals surface area contributed by atoms with Crippen LogP contribution in [0.25, 0.3) is 0 Å². The van der Waals surface area contributed by atoms with Gasteiger partial charge in [-0.3, -0.25) is 9.59 Å². The summed E-state index contributed by atoms with van der Waals surface area (Å²) in [6.45, 7) is 7.80. The summed E-state index contributed by atoms with van der Waals surface area (Å²) in [7, 11) is 0. The number of hydrogen-bond acceptors (Lipinski definition) is 3. The van der Waals surface area contributed by atoms with Crippen LogP contribution in [0.1, 0.15) is 36.7 Å². The minimum atomic E-state index is -1.06. The number of carbonyl (C=O) groups is 2. The molecule has 1 aromatic rings. The van der Waals surface area contributed by atoms with Crippen LogP contribution in [-0.2, 0) is 4.79 Å².